The fourth-order valence-corrected chi connectivity index (χ4v) is 7.76. The van der Waals surface area contributed by atoms with Crippen molar-refractivity contribution in [2.24, 2.45) is 11.8 Å². The van der Waals surface area contributed by atoms with E-state index < -0.39 is 0 Å². The molecular weight excluding hydrogens is 216 g/mol. The Morgan fingerprint density at radius 2 is 1.31 bits per heavy atom. The Morgan fingerprint density at radius 1 is 0.875 bits per heavy atom. The van der Waals surface area contributed by atoms with E-state index in [1.165, 1.54) is 25.7 Å². The molecule has 4 unspecified atom stereocenters. The van der Waals surface area contributed by atoms with Crippen molar-refractivity contribution < 1.29 is 5.11 Å². The van der Waals surface area contributed by atoms with Crippen LogP contribution in [0.25, 0.3) is 0 Å². The fraction of sp³-hybridized carbons (Fsp3) is 1.00. The van der Waals surface area contributed by atoms with Crippen LogP contribution in [0.4, 0.5) is 0 Å². The van der Waals surface area contributed by atoms with Crippen LogP contribution in [0, 0.1) is 11.8 Å². The van der Waals surface area contributed by atoms with E-state index in [4.69, 9.17) is 0 Å². The standard InChI is InChI=1S/C14H27OS/c1-9-7-13(8-10(2)14(9)15)16-11(3)5-6-12(16)4/h9-15H,5-8H2,1-4H3/q+1. The van der Waals surface area contributed by atoms with E-state index >= 15 is 0 Å². The van der Waals surface area contributed by atoms with E-state index in [2.05, 4.69) is 27.7 Å². The second-order valence-corrected chi connectivity index (χ2v) is 9.24. The summed E-state index contributed by atoms with van der Waals surface area (Å²) in [6, 6.07) is 0. The first-order chi connectivity index (χ1) is 7.50. The molecule has 1 saturated heterocycles. The minimum Gasteiger partial charge on any atom is -0.393 e. The SMILES string of the molecule is CC1CC([S+]2C(C)CCC2C)CC(C)C1O. The van der Waals surface area contributed by atoms with Crippen LogP contribution in [-0.4, -0.2) is 27.0 Å². The van der Waals surface area contributed by atoms with Crippen LogP contribution >= 0.6 is 0 Å². The van der Waals surface area contributed by atoms with E-state index in [1.807, 2.05) is 0 Å². The predicted molar refractivity (Wildman–Crippen MR) is 72.9 cm³/mol. The van der Waals surface area contributed by atoms with Gasteiger partial charge >= 0.3 is 0 Å². The van der Waals surface area contributed by atoms with Gasteiger partial charge in [0.25, 0.3) is 0 Å². The van der Waals surface area contributed by atoms with Crippen LogP contribution in [0.2, 0.25) is 0 Å². The highest BCUT2D eigenvalue weighted by molar-refractivity contribution is 7.98. The van der Waals surface area contributed by atoms with Gasteiger partial charge in [-0.15, -0.1) is 0 Å². The summed E-state index contributed by atoms with van der Waals surface area (Å²) in [5, 5.41) is 12.8. The summed E-state index contributed by atoms with van der Waals surface area (Å²) >= 11 is 0. The van der Waals surface area contributed by atoms with Gasteiger partial charge in [0.1, 0.15) is 15.7 Å². The maximum absolute atomic E-state index is 10.0. The molecule has 2 aliphatic rings. The Kier molecular flexibility index (Phi) is 3.90. The lowest BCUT2D eigenvalue weighted by atomic mass is 9.80. The highest BCUT2D eigenvalue weighted by atomic mass is 32.2. The van der Waals surface area contributed by atoms with E-state index in [0.29, 0.717) is 22.7 Å². The summed E-state index contributed by atoms with van der Waals surface area (Å²) in [6.07, 6.45) is 5.36. The molecule has 94 valence electrons. The highest BCUT2D eigenvalue weighted by Crippen LogP contribution is 2.41. The van der Waals surface area contributed by atoms with Crippen molar-refractivity contribution in [1.82, 2.24) is 0 Å². The lowest BCUT2D eigenvalue weighted by molar-refractivity contribution is 0.0353. The van der Waals surface area contributed by atoms with Gasteiger partial charge in [0.05, 0.1) is 6.10 Å². The van der Waals surface area contributed by atoms with Crippen molar-refractivity contribution in [3.05, 3.63) is 0 Å². The Bertz CT molecular complexity index is 221. The average molecular weight is 243 g/mol. The molecule has 2 fully saturated rings. The van der Waals surface area contributed by atoms with E-state index in [1.54, 1.807) is 0 Å². The van der Waals surface area contributed by atoms with Gasteiger partial charge in [0, 0.05) is 0 Å². The quantitative estimate of drug-likeness (QED) is 0.702. The molecule has 0 aromatic rings. The molecule has 0 spiro atoms. The molecular formula is C14H27OS+. The second kappa shape index (κ2) is 4.89. The van der Waals surface area contributed by atoms with E-state index in [0.717, 1.165) is 15.7 Å². The number of hydrogen-bond donors (Lipinski definition) is 1. The molecule has 1 nitrogen and oxygen atoms in total. The molecule has 1 saturated carbocycles. The largest absolute Gasteiger partial charge is 0.393 e. The summed E-state index contributed by atoms with van der Waals surface area (Å²) in [5.74, 6) is 1.03. The van der Waals surface area contributed by atoms with Gasteiger partial charge < -0.3 is 5.11 Å². The highest BCUT2D eigenvalue weighted by Gasteiger charge is 2.48. The average Bonchev–Trinajstić information content (AvgIpc) is 2.54. The van der Waals surface area contributed by atoms with Crippen LogP contribution in [0.1, 0.15) is 53.4 Å². The predicted octanol–water partition coefficient (Wildman–Crippen LogP) is 2.97. The Hall–Kier alpha value is 0.310. The van der Waals surface area contributed by atoms with Gasteiger partial charge in [-0.05, 0) is 62.3 Å². The third-order valence-corrected chi connectivity index (χ3v) is 8.21. The van der Waals surface area contributed by atoms with Crippen molar-refractivity contribution >= 4 is 10.9 Å². The van der Waals surface area contributed by atoms with Crippen LogP contribution in [0.15, 0.2) is 0 Å². The Labute approximate surface area is 103 Å². The van der Waals surface area contributed by atoms with Gasteiger partial charge in [0.15, 0.2) is 0 Å². The van der Waals surface area contributed by atoms with E-state index in [-0.39, 0.29) is 6.10 Å². The molecule has 0 amide bonds. The molecule has 0 aromatic heterocycles. The van der Waals surface area contributed by atoms with Gasteiger partial charge in [0.2, 0.25) is 0 Å². The van der Waals surface area contributed by atoms with Crippen molar-refractivity contribution in [1.29, 1.82) is 0 Å². The van der Waals surface area contributed by atoms with Crippen LogP contribution in [0.5, 0.6) is 0 Å². The molecule has 1 N–H and O–H groups in total. The Morgan fingerprint density at radius 3 is 1.75 bits per heavy atom. The maximum atomic E-state index is 10.0. The van der Waals surface area contributed by atoms with Crippen LogP contribution in [0.3, 0.4) is 0 Å². The second-order valence-electron chi connectivity index (χ2n) is 6.15. The molecule has 1 aliphatic heterocycles. The van der Waals surface area contributed by atoms with Crippen molar-refractivity contribution in [3.8, 4) is 0 Å². The zero-order chi connectivity index (χ0) is 11.9. The van der Waals surface area contributed by atoms with Crippen LogP contribution in [-0.2, 0) is 10.9 Å². The minimum absolute atomic E-state index is 0.0481. The normalized spacial score (nSPS) is 54.2. The summed E-state index contributed by atoms with van der Waals surface area (Å²) in [6.45, 7) is 9.38. The molecule has 0 aromatic carbocycles. The molecule has 1 heterocycles. The first-order valence-corrected chi connectivity index (χ1v) is 8.31. The van der Waals surface area contributed by atoms with Crippen molar-refractivity contribution in [2.45, 2.75) is 75.2 Å². The lowest BCUT2D eigenvalue weighted by Crippen LogP contribution is -2.43. The molecule has 2 rings (SSSR count). The van der Waals surface area contributed by atoms with E-state index in [9.17, 15) is 5.11 Å². The zero-order valence-corrected chi connectivity index (χ0v) is 12.0. The van der Waals surface area contributed by atoms with Gasteiger partial charge in [-0.2, -0.15) is 0 Å². The van der Waals surface area contributed by atoms with Gasteiger partial charge in [-0.1, -0.05) is 13.8 Å². The lowest BCUT2D eigenvalue weighted by Gasteiger charge is -2.36. The molecule has 16 heavy (non-hydrogen) atoms. The summed E-state index contributed by atoms with van der Waals surface area (Å²) < 4.78 is 0. The number of rotatable bonds is 1. The first kappa shape index (κ1) is 12.8. The molecule has 2 heteroatoms. The first-order valence-electron chi connectivity index (χ1n) is 6.89. The third kappa shape index (κ3) is 2.28. The monoisotopic (exact) mass is 243 g/mol. The number of aliphatic hydroxyl groups excluding tert-OH is 1. The maximum Gasteiger partial charge on any atom is 0.119 e. The Balaban J connectivity index is 2.04. The summed E-state index contributed by atoms with van der Waals surface area (Å²) in [5.41, 5.74) is 0. The molecule has 0 bridgehead atoms. The van der Waals surface area contributed by atoms with Crippen LogP contribution < -0.4 is 0 Å². The third-order valence-electron chi connectivity index (χ3n) is 4.73. The summed E-state index contributed by atoms with van der Waals surface area (Å²) in [7, 11) is 0.629. The topological polar surface area (TPSA) is 20.2 Å². The zero-order valence-electron chi connectivity index (χ0n) is 11.1. The van der Waals surface area contributed by atoms with Crippen molar-refractivity contribution in [2.75, 3.05) is 0 Å². The van der Waals surface area contributed by atoms with Crippen molar-refractivity contribution in [3.63, 3.8) is 0 Å². The fourth-order valence-electron chi connectivity index (χ4n) is 3.78. The van der Waals surface area contributed by atoms with Gasteiger partial charge in [-0.3, -0.25) is 0 Å². The molecule has 0 radical (unpaired) electrons. The number of aliphatic hydroxyl groups is 1. The minimum atomic E-state index is -0.0481. The smallest absolute Gasteiger partial charge is 0.119 e. The van der Waals surface area contributed by atoms with Gasteiger partial charge in [-0.25, -0.2) is 0 Å². The molecule has 4 atom stereocenters. The summed E-state index contributed by atoms with van der Waals surface area (Å²) in [4.78, 5) is 0. The molecule has 1 aliphatic carbocycles. The number of hydrogen-bond acceptors (Lipinski definition) is 1.